The van der Waals surface area contributed by atoms with E-state index in [9.17, 15) is 9.59 Å². The van der Waals surface area contributed by atoms with E-state index in [-0.39, 0.29) is 11.6 Å². The second-order valence-corrected chi connectivity index (χ2v) is 5.82. The van der Waals surface area contributed by atoms with Crippen molar-refractivity contribution in [3.63, 3.8) is 0 Å². The van der Waals surface area contributed by atoms with Gasteiger partial charge in [0.15, 0.2) is 16.9 Å². The van der Waals surface area contributed by atoms with E-state index < -0.39 is 12.1 Å². The molecule has 2 rings (SSSR count). The molecule has 7 heteroatoms. The summed E-state index contributed by atoms with van der Waals surface area (Å²) in [5, 5.41) is 7.94. The smallest absolute Gasteiger partial charge is 0.358 e. The van der Waals surface area contributed by atoms with Crippen molar-refractivity contribution in [3.05, 3.63) is 59.6 Å². The first kappa shape index (κ1) is 17.7. The van der Waals surface area contributed by atoms with Crippen molar-refractivity contribution in [3.8, 4) is 0 Å². The minimum absolute atomic E-state index is 0.180. The van der Waals surface area contributed by atoms with Crippen LogP contribution in [0.4, 0.5) is 5.13 Å². The van der Waals surface area contributed by atoms with E-state index in [1.54, 1.807) is 11.5 Å². The molecule has 1 aromatic carbocycles. The highest BCUT2D eigenvalue weighted by molar-refractivity contribution is 7.13. The van der Waals surface area contributed by atoms with Crippen LogP contribution in [0, 0.1) is 0 Å². The van der Waals surface area contributed by atoms with Crippen LogP contribution >= 0.6 is 11.3 Å². The van der Waals surface area contributed by atoms with Crippen molar-refractivity contribution in [2.45, 2.75) is 19.6 Å². The minimum Gasteiger partial charge on any atom is -0.448 e. The zero-order valence-corrected chi connectivity index (χ0v) is 14.1. The number of anilines is 1. The lowest BCUT2D eigenvalue weighted by Gasteiger charge is -2.11. The molecule has 2 N–H and O–H groups in total. The number of thiazole rings is 1. The standard InChI is InChI=1S/C17H19N3O3S/c1-3-9-18-15(21)12(2)23-16(22)14-11-24-17(20-14)19-10-13-7-5-4-6-8-13/h3-8,11-12H,1,9-10H2,2H3,(H,18,21)(H,19,20)/t12-/m1/s1. The number of esters is 1. The molecule has 126 valence electrons. The van der Waals surface area contributed by atoms with Gasteiger partial charge in [-0.3, -0.25) is 4.79 Å². The molecule has 0 spiro atoms. The molecule has 6 nitrogen and oxygen atoms in total. The Hall–Kier alpha value is -2.67. The number of nitrogens with zero attached hydrogens (tertiary/aromatic N) is 1. The number of benzene rings is 1. The van der Waals surface area contributed by atoms with Crippen molar-refractivity contribution in [2.75, 3.05) is 11.9 Å². The van der Waals surface area contributed by atoms with Gasteiger partial charge in [-0.15, -0.1) is 17.9 Å². The van der Waals surface area contributed by atoms with Gasteiger partial charge in [0, 0.05) is 18.5 Å². The normalized spacial score (nSPS) is 11.4. The van der Waals surface area contributed by atoms with E-state index in [1.807, 2.05) is 30.3 Å². The lowest BCUT2D eigenvalue weighted by atomic mass is 10.2. The lowest BCUT2D eigenvalue weighted by Crippen LogP contribution is -2.35. The summed E-state index contributed by atoms with van der Waals surface area (Å²) in [4.78, 5) is 27.9. The Morgan fingerprint density at radius 1 is 1.38 bits per heavy atom. The number of carbonyl (C=O) groups is 2. The van der Waals surface area contributed by atoms with Crippen LogP contribution in [0.3, 0.4) is 0 Å². The molecule has 2 aromatic rings. The predicted molar refractivity (Wildman–Crippen MR) is 94.0 cm³/mol. The van der Waals surface area contributed by atoms with E-state index in [1.165, 1.54) is 18.3 Å². The molecule has 0 saturated carbocycles. The molecule has 1 atom stereocenters. The maximum Gasteiger partial charge on any atom is 0.358 e. The van der Waals surface area contributed by atoms with Gasteiger partial charge in [0.25, 0.3) is 5.91 Å². The molecule has 0 saturated heterocycles. The number of amides is 1. The van der Waals surface area contributed by atoms with Gasteiger partial charge in [0.2, 0.25) is 0 Å². The third-order valence-electron chi connectivity index (χ3n) is 3.07. The molecule has 0 aliphatic rings. The topological polar surface area (TPSA) is 80.3 Å². The van der Waals surface area contributed by atoms with Crippen LogP contribution in [0.1, 0.15) is 23.0 Å². The van der Waals surface area contributed by atoms with Gasteiger partial charge in [0.05, 0.1) is 0 Å². The van der Waals surface area contributed by atoms with Gasteiger partial charge in [-0.1, -0.05) is 36.4 Å². The average Bonchev–Trinajstić information content (AvgIpc) is 3.07. The summed E-state index contributed by atoms with van der Waals surface area (Å²) in [6.45, 7) is 5.95. The first-order valence-corrected chi connectivity index (χ1v) is 8.31. The molecule has 0 radical (unpaired) electrons. The van der Waals surface area contributed by atoms with E-state index in [2.05, 4.69) is 22.2 Å². The summed E-state index contributed by atoms with van der Waals surface area (Å²) in [5.74, 6) is -0.999. The van der Waals surface area contributed by atoms with Gasteiger partial charge >= 0.3 is 5.97 Å². The molecular formula is C17H19N3O3S. The Labute approximate surface area is 144 Å². The Bertz CT molecular complexity index is 700. The molecular weight excluding hydrogens is 326 g/mol. The summed E-state index contributed by atoms with van der Waals surface area (Å²) in [5.41, 5.74) is 1.29. The molecule has 0 fully saturated rings. The van der Waals surface area contributed by atoms with Crippen molar-refractivity contribution >= 4 is 28.3 Å². The summed E-state index contributed by atoms with van der Waals surface area (Å²) < 4.78 is 5.10. The molecule has 1 heterocycles. The zero-order valence-electron chi connectivity index (χ0n) is 13.3. The largest absolute Gasteiger partial charge is 0.448 e. The Morgan fingerprint density at radius 3 is 2.83 bits per heavy atom. The second kappa shape index (κ2) is 8.83. The number of aromatic nitrogens is 1. The maximum absolute atomic E-state index is 12.0. The van der Waals surface area contributed by atoms with Gasteiger partial charge in [-0.25, -0.2) is 9.78 Å². The van der Waals surface area contributed by atoms with E-state index in [4.69, 9.17) is 4.74 Å². The van der Waals surface area contributed by atoms with E-state index in [0.717, 1.165) is 5.56 Å². The molecule has 0 aliphatic heterocycles. The van der Waals surface area contributed by atoms with Crippen LogP contribution in [-0.4, -0.2) is 29.5 Å². The summed E-state index contributed by atoms with van der Waals surface area (Å²) >= 11 is 1.31. The fourth-order valence-electron chi connectivity index (χ4n) is 1.81. The highest BCUT2D eigenvalue weighted by Crippen LogP contribution is 2.17. The average molecular weight is 345 g/mol. The van der Waals surface area contributed by atoms with Crippen molar-refractivity contribution in [1.29, 1.82) is 0 Å². The number of nitrogens with one attached hydrogen (secondary N) is 2. The van der Waals surface area contributed by atoms with Crippen LogP contribution < -0.4 is 10.6 Å². The molecule has 24 heavy (non-hydrogen) atoms. The van der Waals surface area contributed by atoms with Gasteiger partial charge in [-0.2, -0.15) is 0 Å². The summed E-state index contributed by atoms with van der Waals surface area (Å²) in [6.07, 6.45) is 0.664. The van der Waals surface area contributed by atoms with Crippen LogP contribution in [0.25, 0.3) is 0 Å². The van der Waals surface area contributed by atoms with E-state index >= 15 is 0 Å². The first-order chi connectivity index (χ1) is 11.6. The SMILES string of the molecule is C=CCNC(=O)[C@@H](C)OC(=O)c1csc(NCc2ccccc2)n1. The number of ether oxygens (including phenoxy) is 1. The Morgan fingerprint density at radius 2 is 2.12 bits per heavy atom. The van der Waals surface area contributed by atoms with Gasteiger partial charge in [0.1, 0.15) is 0 Å². The highest BCUT2D eigenvalue weighted by Gasteiger charge is 2.20. The molecule has 1 aromatic heterocycles. The first-order valence-electron chi connectivity index (χ1n) is 7.43. The maximum atomic E-state index is 12.0. The van der Waals surface area contributed by atoms with Gasteiger partial charge in [-0.05, 0) is 12.5 Å². The monoisotopic (exact) mass is 345 g/mol. The zero-order chi connectivity index (χ0) is 17.4. The fourth-order valence-corrected chi connectivity index (χ4v) is 2.49. The van der Waals surface area contributed by atoms with Crippen molar-refractivity contribution in [1.82, 2.24) is 10.3 Å². The van der Waals surface area contributed by atoms with Crippen LogP contribution in [0.2, 0.25) is 0 Å². The summed E-state index contributed by atoms with van der Waals surface area (Å²) in [6, 6.07) is 9.87. The van der Waals surface area contributed by atoms with Gasteiger partial charge < -0.3 is 15.4 Å². The second-order valence-electron chi connectivity index (χ2n) is 4.96. The Balaban J connectivity index is 1.86. The van der Waals surface area contributed by atoms with Crippen molar-refractivity contribution in [2.24, 2.45) is 0 Å². The van der Waals surface area contributed by atoms with Crippen LogP contribution in [0.5, 0.6) is 0 Å². The van der Waals surface area contributed by atoms with Crippen LogP contribution in [0.15, 0.2) is 48.4 Å². The third kappa shape index (κ3) is 5.20. The molecule has 0 aliphatic carbocycles. The predicted octanol–water partition coefficient (Wildman–Crippen LogP) is 2.60. The lowest BCUT2D eigenvalue weighted by molar-refractivity contribution is -0.128. The molecule has 0 unspecified atom stereocenters. The summed E-state index contributed by atoms with van der Waals surface area (Å²) in [7, 11) is 0. The number of hydrogen-bond acceptors (Lipinski definition) is 6. The number of hydrogen-bond donors (Lipinski definition) is 2. The molecule has 1 amide bonds. The minimum atomic E-state index is -0.889. The third-order valence-corrected chi connectivity index (χ3v) is 3.87. The van der Waals surface area contributed by atoms with E-state index in [0.29, 0.717) is 18.2 Å². The quantitative estimate of drug-likeness (QED) is 0.568. The fraction of sp³-hybridized carbons (Fsp3) is 0.235. The Kier molecular flexibility index (Phi) is 6.51. The molecule has 0 bridgehead atoms. The number of carbonyl (C=O) groups excluding carboxylic acids is 2. The van der Waals surface area contributed by atoms with Crippen molar-refractivity contribution < 1.29 is 14.3 Å². The number of rotatable bonds is 8. The highest BCUT2D eigenvalue weighted by atomic mass is 32.1. The van der Waals surface area contributed by atoms with Crippen LogP contribution in [-0.2, 0) is 16.1 Å².